The van der Waals surface area contributed by atoms with Crippen LogP contribution in [0.4, 0.5) is 0 Å². The van der Waals surface area contributed by atoms with Gasteiger partial charge in [0.1, 0.15) is 5.75 Å². The summed E-state index contributed by atoms with van der Waals surface area (Å²) in [4.78, 5) is 0. The average molecular weight is 278 g/mol. The Kier molecular flexibility index (Phi) is 7.03. The molecule has 0 spiro atoms. The largest absolute Gasteiger partial charge is 0.494 e. The Balaban J connectivity index is 2.99. The zero-order chi connectivity index (χ0) is 15.1. The van der Waals surface area contributed by atoms with E-state index in [1.807, 2.05) is 6.92 Å². The summed E-state index contributed by atoms with van der Waals surface area (Å²) >= 11 is 0. The van der Waals surface area contributed by atoms with Crippen LogP contribution in [0, 0.1) is 11.8 Å². The van der Waals surface area contributed by atoms with Crippen molar-refractivity contribution in [1.29, 1.82) is 0 Å². The van der Waals surface area contributed by atoms with Gasteiger partial charge in [-0.3, -0.25) is 0 Å². The SMILES string of the molecule is CCOc1ccc(C(C)C(C)C(CN)CN)c(CC)c1. The standard InChI is InChI=1S/C17H30N2O/c1-5-14-9-16(20-6-2)7-8-17(14)13(4)12(3)15(10-18)11-19/h7-9,12-13,15H,5-6,10-11,18-19H2,1-4H3. The van der Waals surface area contributed by atoms with Crippen LogP contribution in [0.3, 0.4) is 0 Å². The van der Waals surface area contributed by atoms with Gasteiger partial charge in [-0.05, 0) is 67.4 Å². The molecule has 1 rings (SSSR count). The van der Waals surface area contributed by atoms with Gasteiger partial charge in [-0.2, -0.15) is 0 Å². The van der Waals surface area contributed by atoms with E-state index in [-0.39, 0.29) is 0 Å². The number of hydrogen-bond acceptors (Lipinski definition) is 3. The number of aryl methyl sites for hydroxylation is 1. The lowest BCUT2D eigenvalue weighted by atomic mass is 9.78. The first-order valence-electron chi connectivity index (χ1n) is 7.74. The van der Waals surface area contributed by atoms with Gasteiger partial charge in [-0.25, -0.2) is 0 Å². The maximum atomic E-state index is 5.83. The Morgan fingerprint density at radius 1 is 1.10 bits per heavy atom. The van der Waals surface area contributed by atoms with Crippen LogP contribution in [0.2, 0.25) is 0 Å². The first-order chi connectivity index (χ1) is 9.58. The molecule has 3 nitrogen and oxygen atoms in total. The van der Waals surface area contributed by atoms with Gasteiger partial charge in [0.2, 0.25) is 0 Å². The molecule has 0 saturated carbocycles. The molecule has 0 aliphatic carbocycles. The van der Waals surface area contributed by atoms with Gasteiger partial charge in [0, 0.05) is 0 Å². The predicted molar refractivity (Wildman–Crippen MR) is 86.2 cm³/mol. The molecule has 1 aromatic carbocycles. The molecule has 0 aromatic heterocycles. The summed E-state index contributed by atoms with van der Waals surface area (Å²) in [5, 5.41) is 0. The molecule has 3 heteroatoms. The second-order valence-electron chi connectivity index (χ2n) is 5.53. The van der Waals surface area contributed by atoms with Crippen molar-refractivity contribution in [3.63, 3.8) is 0 Å². The van der Waals surface area contributed by atoms with E-state index in [9.17, 15) is 0 Å². The van der Waals surface area contributed by atoms with Crippen LogP contribution in [0.25, 0.3) is 0 Å². The molecule has 4 N–H and O–H groups in total. The van der Waals surface area contributed by atoms with Crippen LogP contribution in [0.1, 0.15) is 44.7 Å². The summed E-state index contributed by atoms with van der Waals surface area (Å²) in [7, 11) is 0. The predicted octanol–water partition coefficient (Wildman–Crippen LogP) is 2.92. The van der Waals surface area contributed by atoms with E-state index in [1.54, 1.807) is 0 Å². The highest BCUT2D eigenvalue weighted by Gasteiger charge is 2.23. The molecular weight excluding hydrogens is 248 g/mol. The van der Waals surface area contributed by atoms with E-state index >= 15 is 0 Å². The van der Waals surface area contributed by atoms with Crippen molar-refractivity contribution in [1.82, 2.24) is 0 Å². The summed E-state index contributed by atoms with van der Waals surface area (Å²) in [6, 6.07) is 6.44. The summed E-state index contributed by atoms with van der Waals surface area (Å²) in [6.45, 7) is 10.7. The van der Waals surface area contributed by atoms with Crippen molar-refractivity contribution in [3.8, 4) is 5.75 Å². The zero-order valence-corrected chi connectivity index (χ0v) is 13.4. The van der Waals surface area contributed by atoms with E-state index in [0.29, 0.717) is 37.5 Å². The highest BCUT2D eigenvalue weighted by molar-refractivity contribution is 5.38. The third kappa shape index (κ3) is 3.97. The fourth-order valence-corrected chi connectivity index (χ4v) is 2.81. The summed E-state index contributed by atoms with van der Waals surface area (Å²) < 4.78 is 5.59. The van der Waals surface area contributed by atoms with Crippen LogP contribution in [-0.2, 0) is 6.42 Å². The molecule has 1 aromatic rings. The number of hydrogen-bond donors (Lipinski definition) is 2. The van der Waals surface area contributed by atoms with Crippen molar-refractivity contribution in [2.75, 3.05) is 19.7 Å². The number of benzene rings is 1. The van der Waals surface area contributed by atoms with Crippen LogP contribution in [-0.4, -0.2) is 19.7 Å². The molecule has 0 aliphatic heterocycles. The van der Waals surface area contributed by atoms with E-state index in [2.05, 4.69) is 39.0 Å². The van der Waals surface area contributed by atoms with Crippen molar-refractivity contribution in [2.24, 2.45) is 23.3 Å². The smallest absolute Gasteiger partial charge is 0.119 e. The molecule has 0 radical (unpaired) electrons. The van der Waals surface area contributed by atoms with E-state index in [0.717, 1.165) is 12.2 Å². The van der Waals surface area contributed by atoms with Crippen molar-refractivity contribution in [2.45, 2.75) is 40.0 Å². The number of ether oxygens (including phenoxy) is 1. The van der Waals surface area contributed by atoms with Crippen molar-refractivity contribution >= 4 is 0 Å². The minimum absolute atomic E-state index is 0.376. The number of nitrogens with two attached hydrogens (primary N) is 2. The van der Waals surface area contributed by atoms with Gasteiger partial charge in [0.25, 0.3) is 0 Å². The van der Waals surface area contributed by atoms with Gasteiger partial charge in [-0.1, -0.05) is 26.8 Å². The molecule has 20 heavy (non-hydrogen) atoms. The molecule has 0 bridgehead atoms. The maximum Gasteiger partial charge on any atom is 0.119 e. The first-order valence-corrected chi connectivity index (χ1v) is 7.74. The van der Waals surface area contributed by atoms with Crippen LogP contribution in [0.15, 0.2) is 18.2 Å². The fourth-order valence-electron chi connectivity index (χ4n) is 2.81. The second-order valence-corrected chi connectivity index (χ2v) is 5.53. The van der Waals surface area contributed by atoms with E-state index in [4.69, 9.17) is 16.2 Å². The van der Waals surface area contributed by atoms with E-state index in [1.165, 1.54) is 11.1 Å². The quantitative estimate of drug-likeness (QED) is 0.768. The molecule has 0 heterocycles. The molecule has 0 saturated heterocycles. The van der Waals surface area contributed by atoms with Crippen molar-refractivity contribution in [3.05, 3.63) is 29.3 Å². The molecule has 0 aliphatic rings. The molecule has 2 atom stereocenters. The topological polar surface area (TPSA) is 61.3 Å². The Bertz CT molecular complexity index is 402. The van der Waals surface area contributed by atoms with Crippen molar-refractivity contribution < 1.29 is 4.74 Å². The lowest BCUT2D eigenvalue weighted by Crippen LogP contribution is -2.31. The Morgan fingerprint density at radius 3 is 2.25 bits per heavy atom. The van der Waals surface area contributed by atoms with Gasteiger partial charge in [-0.15, -0.1) is 0 Å². The summed E-state index contributed by atoms with van der Waals surface area (Å²) in [5.74, 6) is 2.27. The Morgan fingerprint density at radius 2 is 1.75 bits per heavy atom. The van der Waals surface area contributed by atoms with Gasteiger partial charge >= 0.3 is 0 Å². The van der Waals surface area contributed by atoms with Gasteiger partial charge in [0.15, 0.2) is 0 Å². The minimum atomic E-state index is 0.376. The van der Waals surface area contributed by atoms with Gasteiger partial charge < -0.3 is 16.2 Å². The molecule has 2 unspecified atom stereocenters. The van der Waals surface area contributed by atoms with Crippen LogP contribution >= 0.6 is 0 Å². The summed E-state index contributed by atoms with van der Waals surface area (Å²) in [6.07, 6.45) is 1.02. The Hall–Kier alpha value is -1.06. The fraction of sp³-hybridized carbons (Fsp3) is 0.647. The molecule has 0 amide bonds. The molecular formula is C17H30N2O. The molecule has 114 valence electrons. The Labute approximate surface area is 123 Å². The summed E-state index contributed by atoms with van der Waals surface area (Å²) in [5.41, 5.74) is 14.4. The monoisotopic (exact) mass is 278 g/mol. The minimum Gasteiger partial charge on any atom is -0.494 e. The van der Waals surface area contributed by atoms with Gasteiger partial charge in [0.05, 0.1) is 6.61 Å². The third-order valence-corrected chi connectivity index (χ3v) is 4.43. The number of rotatable bonds is 8. The highest BCUT2D eigenvalue weighted by Crippen LogP contribution is 2.33. The molecule has 0 fully saturated rings. The average Bonchev–Trinajstić information content (AvgIpc) is 2.47. The lowest BCUT2D eigenvalue weighted by Gasteiger charge is -2.29. The lowest BCUT2D eigenvalue weighted by molar-refractivity contribution is 0.325. The van der Waals surface area contributed by atoms with E-state index < -0.39 is 0 Å². The van der Waals surface area contributed by atoms with Crippen LogP contribution in [0.5, 0.6) is 5.75 Å². The second kappa shape index (κ2) is 8.28. The highest BCUT2D eigenvalue weighted by atomic mass is 16.5. The first kappa shape index (κ1) is 17.0. The third-order valence-electron chi connectivity index (χ3n) is 4.43. The van der Waals surface area contributed by atoms with Crippen LogP contribution < -0.4 is 16.2 Å². The normalized spacial score (nSPS) is 14.3. The maximum absolute atomic E-state index is 5.83. The zero-order valence-electron chi connectivity index (χ0n) is 13.4.